The number of rotatable bonds is 0. The zero-order valence-corrected chi connectivity index (χ0v) is 9.89. The van der Waals surface area contributed by atoms with Gasteiger partial charge in [-0.1, -0.05) is 0 Å². The summed E-state index contributed by atoms with van der Waals surface area (Å²) in [7, 11) is -4.74. The third-order valence-corrected chi connectivity index (χ3v) is 5.08. The Balaban J connectivity index is 2.33. The Morgan fingerprint density at radius 3 is 1.89 bits per heavy atom. The summed E-state index contributed by atoms with van der Waals surface area (Å²) in [5, 5.41) is 59.4. The highest BCUT2D eigenvalue weighted by Gasteiger charge is 2.96. The first-order valence-corrected chi connectivity index (χ1v) is 6.33. The molecular weight excluding hydrogens is 291 g/mol. The summed E-state index contributed by atoms with van der Waals surface area (Å²) in [6.07, 6.45) is -2.69. The first-order chi connectivity index (χ1) is 8.28. The van der Waals surface area contributed by atoms with Gasteiger partial charge in [-0.25, -0.2) is 18.1 Å². The minimum absolute atomic E-state index is 2.69. The molecule has 3 rings (SSSR count). The number of hydrogen-bond donors (Lipinski definition) is 8. The average Bonchev–Trinajstić information content (AvgIpc) is 2.57. The molecule has 2 saturated heterocycles. The van der Waals surface area contributed by atoms with Crippen molar-refractivity contribution in [2.24, 2.45) is 11.5 Å². The van der Waals surface area contributed by atoms with Gasteiger partial charge >= 0.3 is 7.82 Å². The Labute approximate surface area is 104 Å². The maximum atomic E-state index is 11.8. The van der Waals surface area contributed by atoms with E-state index in [1.54, 1.807) is 0 Å². The molecule has 0 aromatic heterocycles. The Morgan fingerprint density at radius 1 is 0.947 bits per heavy atom. The van der Waals surface area contributed by atoms with Gasteiger partial charge in [0, 0.05) is 0 Å². The second-order valence-electron chi connectivity index (χ2n) is 4.70. The van der Waals surface area contributed by atoms with Crippen LogP contribution in [-0.4, -0.2) is 65.6 Å². The van der Waals surface area contributed by atoms with Gasteiger partial charge in [-0.15, -0.1) is 0 Å². The second-order valence-corrected chi connectivity index (χ2v) is 6.14. The van der Waals surface area contributed by atoms with E-state index in [2.05, 4.69) is 13.6 Å². The van der Waals surface area contributed by atoms with E-state index in [1.807, 2.05) is 0 Å². The molecule has 1 aliphatic carbocycles. The largest absolute Gasteiger partial charge is 0.483 e. The molecule has 2 bridgehead atoms. The van der Waals surface area contributed by atoms with Crippen LogP contribution in [0, 0.1) is 0 Å². The van der Waals surface area contributed by atoms with E-state index in [-0.39, 0.29) is 0 Å². The molecule has 0 spiro atoms. The highest BCUT2D eigenvalue weighted by atomic mass is 31.2. The lowest BCUT2D eigenvalue weighted by Crippen LogP contribution is -2.95. The van der Waals surface area contributed by atoms with E-state index in [0.29, 0.717) is 0 Å². The van der Waals surface area contributed by atoms with Crippen molar-refractivity contribution in [2.75, 3.05) is 0 Å². The number of aliphatic hydroxyl groups excluding tert-OH is 1. The molecule has 10 N–H and O–H groups in total. The van der Waals surface area contributed by atoms with E-state index in [0.717, 1.165) is 0 Å². The third-order valence-electron chi connectivity index (χ3n) is 3.60. The standard InChI is InChI=1S/C6H11N2O10P/c7-2(10)1(9)3(11)5(13)6(14,4(2,8)12)18-19(15,16-3)17-5/h1,9-14H,7-8H2/t1-,2-,3-,4-,5+,6-,19?/m0/s1. The van der Waals surface area contributed by atoms with Crippen LogP contribution in [0.15, 0.2) is 0 Å². The van der Waals surface area contributed by atoms with Crippen LogP contribution < -0.4 is 11.5 Å². The number of fused-ring (bicyclic) bond motifs is 1. The fourth-order valence-electron chi connectivity index (χ4n) is 2.38. The van der Waals surface area contributed by atoms with Crippen LogP contribution in [-0.2, 0) is 18.1 Å². The Hall–Kier alpha value is -0.210. The summed E-state index contributed by atoms with van der Waals surface area (Å²) in [4.78, 5) is 0. The monoisotopic (exact) mass is 302 g/mol. The van der Waals surface area contributed by atoms with Crippen LogP contribution in [0.2, 0.25) is 0 Å². The van der Waals surface area contributed by atoms with E-state index < -0.39 is 42.7 Å². The fraction of sp³-hybridized carbons (Fsp3) is 1.00. The summed E-state index contributed by atoms with van der Waals surface area (Å²) in [6, 6.07) is 0. The van der Waals surface area contributed by atoms with E-state index in [1.165, 1.54) is 0 Å². The highest BCUT2D eigenvalue weighted by Crippen LogP contribution is 2.78. The van der Waals surface area contributed by atoms with Gasteiger partial charge in [-0.05, 0) is 0 Å². The molecule has 1 unspecified atom stereocenters. The average molecular weight is 302 g/mol. The summed E-state index contributed by atoms with van der Waals surface area (Å²) < 4.78 is 24.7. The van der Waals surface area contributed by atoms with Crippen molar-refractivity contribution in [3.8, 4) is 0 Å². The van der Waals surface area contributed by atoms with Gasteiger partial charge < -0.3 is 30.6 Å². The smallest absolute Gasteiger partial charge is 0.383 e. The zero-order chi connectivity index (χ0) is 14.7. The van der Waals surface area contributed by atoms with Crippen molar-refractivity contribution in [3.05, 3.63) is 0 Å². The summed E-state index contributed by atoms with van der Waals surface area (Å²) >= 11 is 0. The number of nitrogens with two attached hydrogens (primary N) is 2. The van der Waals surface area contributed by atoms with Crippen LogP contribution >= 0.6 is 7.82 Å². The highest BCUT2D eigenvalue weighted by molar-refractivity contribution is 7.49. The van der Waals surface area contributed by atoms with Gasteiger partial charge in [0.05, 0.1) is 0 Å². The maximum Gasteiger partial charge on any atom is 0.483 e. The van der Waals surface area contributed by atoms with Crippen molar-refractivity contribution in [1.82, 2.24) is 0 Å². The van der Waals surface area contributed by atoms with Gasteiger partial charge in [0.2, 0.25) is 5.72 Å². The Kier molecular flexibility index (Phi) is 2.08. The number of hydrogen-bond acceptors (Lipinski definition) is 12. The first-order valence-electron chi connectivity index (χ1n) is 4.87. The van der Waals surface area contributed by atoms with Crippen molar-refractivity contribution in [3.63, 3.8) is 0 Å². The van der Waals surface area contributed by atoms with Gasteiger partial charge in [-0.2, -0.15) is 0 Å². The lowest BCUT2D eigenvalue weighted by molar-refractivity contribution is -0.504. The van der Waals surface area contributed by atoms with Crippen molar-refractivity contribution in [2.45, 2.75) is 34.9 Å². The second kappa shape index (κ2) is 2.87. The SMILES string of the molecule is N[C@@]1(O)[C@]2(O)OP3(=O)O[C@]2(O)[C@@](O)(O3)[C@@H](O)[C@]1(N)O. The predicted octanol–water partition coefficient (Wildman–Crippen LogP) is -5.09. The first kappa shape index (κ1) is 13.8. The molecule has 7 atom stereocenters. The summed E-state index contributed by atoms with van der Waals surface area (Å²) in [5.74, 6) is -10.3. The molecule has 0 amide bonds. The molecule has 2 aliphatic heterocycles. The molecule has 13 heteroatoms. The quantitative estimate of drug-likeness (QED) is 0.155. The number of phosphoric ester groups is 1. The van der Waals surface area contributed by atoms with Crippen LogP contribution in [0.3, 0.4) is 0 Å². The van der Waals surface area contributed by atoms with Crippen LogP contribution in [0.25, 0.3) is 0 Å². The van der Waals surface area contributed by atoms with Crippen LogP contribution in [0.4, 0.5) is 0 Å². The normalized spacial score (nSPS) is 71.5. The summed E-state index contributed by atoms with van der Waals surface area (Å²) in [6.45, 7) is 0. The Morgan fingerprint density at radius 2 is 1.42 bits per heavy atom. The number of aliphatic hydroxyl groups is 6. The summed E-state index contributed by atoms with van der Waals surface area (Å²) in [5.41, 5.74) is 3.54. The molecule has 2 heterocycles. The molecule has 1 saturated carbocycles. The van der Waals surface area contributed by atoms with E-state index in [4.69, 9.17) is 11.5 Å². The third kappa shape index (κ3) is 1.02. The molecule has 0 aromatic rings. The maximum absolute atomic E-state index is 11.8. The number of phosphoric acid groups is 1. The van der Waals surface area contributed by atoms with Gasteiger partial charge in [0.15, 0.2) is 11.8 Å². The molecule has 0 aromatic carbocycles. The van der Waals surface area contributed by atoms with Crippen LogP contribution in [0.1, 0.15) is 0 Å². The molecule has 12 nitrogen and oxygen atoms in total. The molecule has 110 valence electrons. The molecule has 3 fully saturated rings. The fourth-order valence-corrected chi connectivity index (χ4v) is 4.23. The molecular formula is C6H11N2O10P. The van der Waals surface area contributed by atoms with Crippen molar-refractivity contribution >= 4 is 7.82 Å². The van der Waals surface area contributed by atoms with E-state index in [9.17, 15) is 35.2 Å². The molecule has 19 heavy (non-hydrogen) atoms. The molecule has 0 radical (unpaired) electrons. The lowest BCUT2D eigenvalue weighted by Gasteiger charge is -2.60. The Bertz CT molecular complexity index is 518. The van der Waals surface area contributed by atoms with Gasteiger partial charge in [0.25, 0.3) is 17.4 Å². The topological polar surface area (TPSA) is 218 Å². The lowest BCUT2D eigenvalue weighted by atomic mass is 9.69. The minimum atomic E-state index is -4.74. The van der Waals surface area contributed by atoms with Crippen molar-refractivity contribution < 1.29 is 48.8 Å². The van der Waals surface area contributed by atoms with Crippen molar-refractivity contribution in [1.29, 1.82) is 0 Å². The minimum Gasteiger partial charge on any atom is -0.383 e. The van der Waals surface area contributed by atoms with Gasteiger partial charge in [-0.3, -0.25) is 11.5 Å². The van der Waals surface area contributed by atoms with Crippen LogP contribution in [0.5, 0.6) is 0 Å². The predicted molar refractivity (Wildman–Crippen MR) is 50.0 cm³/mol. The molecule has 3 aliphatic rings. The van der Waals surface area contributed by atoms with E-state index >= 15 is 0 Å². The zero-order valence-electron chi connectivity index (χ0n) is 9.00. The van der Waals surface area contributed by atoms with Gasteiger partial charge in [0.1, 0.15) is 0 Å².